The first-order valence-corrected chi connectivity index (χ1v) is 4.61. The summed E-state index contributed by atoms with van der Waals surface area (Å²) in [6.07, 6.45) is 3.54. The van der Waals surface area contributed by atoms with Crippen molar-refractivity contribution < 1.29 is 0 Å². The van der Waals surface area contributed by atoms with Gasteiger partial charge in [-0.25, -0.2) is 10.8 Å². The Kier molecular flexibility index (Phi) is 2.54. The number of nitrogens with one attached hydrogen (secondary N) is 1. The van der Waals surface area contributed by atoms with E-state index in [1.165, 1.54) is 0 Å². The molecule has 0 radical (unpaired) electrons. The zero-order chi connectivity index (χ0) is 11.5. The number of aryl methyl sites for hydroxylation is 1. The van der Waals surface area contributed by atoms with Crippen LogP contribution in [0, 0.1) is 11.3 Å². The Hall–Kier alpha value is -2.39. The van der Waals surface area contributed by atoms with Crippen LogP contribution in [0.3, 0.4) is 0 Å². The Morgan fingerprint density at radius 3 is 2.88 bits per heavy atom. The van der Waals surface area contributed by atoms with Gasteiger partial charge in [-0.15, -0.1) is 0 Å². The molecule has 2 aromatic rings. The van der Waals surface area contributed by atoms with E-state index in [1.807, 2.05) is 19.3 Å². The Bertz CT molecular complexity index is 551. The van der Waals surface area contributed by atoms with Crippen LogP contribution in [-0.2, 0) is 7.05 Å². The van der Waals surface area contributed by atoms with Crippen LogP contribution in [0.2, 0.25) is 0 Å². The van der Waals surface area contributed by atoms with Gasteiger partial charge in [-0.3, -0.25) is 4.68 Å². The molecule has 80 valence electrons. The van der Waals surface area contributed by atoms with Gasteiger partial charge in [0.1, 0.15) is 6.07 Å². The third-order valence-corrected chi connectivity index (χ3v) is 2.15. The molecule has 6 heteroatoms. The molecule has 0 unspecified atom stereocenters. The Labute approximate surface area is 92.3 Å². The van der Waals surface area contributed by atoms with Gasteiger partial charge in [0.05, 0.1) is 17.5 Å². The van der Waals surface area contributed by atoms with Crippen LogP contribution in [0.15, 0.2) is 24.5 Å². The number of rotatable bonds is 2. The fraction of sp³-hybridized carbons (Fsp3) is 0.100. The van der Waals surface area contributed by atoms with E-state index in [1.54, 1.807) is 23.0 Å². The molecule has 16 heavy (non-hydrogen) atoms. The molecule has 2 rings (SSSR count). The molecular weight excluding hydrogens is 204 g/mol. The van der Waals surface area contributed by atoms with E-state index in [2.05, 4.69) is 15.5 Å². The van der Waals surface area contributed by atoms with Crippen molar-refractivity contribution in [3.63, 3.8) is 0 Å². The fourth-order valence-corrected chi connectivity index (χ4v) is 1.37. The van der Waals surface area contributed by atoms with E-state index in [4.69, 9.17) is 11.1 Å². The molecule has 6 nitrogen and oxygen atoms in total. The van der Waals surface area contributed by atoms with E-state index < -0.39 is 0 Å². The molecule has 0 aliphatic rings. The summed E-state index contributed by atoms with van der Waals surface area (Å²) >= 11 is 0. The molecule has 3 N–H and O–H groups in total. The molecular formula is C10H10N6. The van der Waals surface area contributed by atoms with E-state index in [0.717, 1.165) is 11.3 Å². The highest BCUT2D eigenvalue weighted by Gasteiger charge is 2.06. The van der Waals surface area contributed by atoms with Crippen LogP contribution in [0.4, 0.5) is 5.82 Å². The van der Waals surface area contributed by atoms with Gasteiger partial charge in [-0.05, 0) is 12.1 Å². The van der Waals surface area contributed by atoms with Crippen molar-refractivity contribution in [1.82, 2.24) is 14.8 Å². The highest BCUT2D eigenvalue weighted by Crippen LogP contribution is 2.20. The number of hydrazine groups is 1. The SMILES string of the molecule is Cn1cc(-c2ccc(C#N)c(NN)n2)cn1. The highest BCUT2D eigenvalue weighted by molar-refractivity contribution is 5.63. The zero-order valence-corrected chi connectivity index (χ0v) is 8.68. The minimum Gasteiger partial charge on any atom is -0.307 e. The smallest absolute Gasteiger partial charge is 0.158 e. The molecule has 0 amide bonds. The van der Waals surface area contributed by atoms with Gasteiger partial charge >= 0.3 is 0 Å². The van der Waals surface area contributed by atoms with E-state index in [-0.39, 0.29) is 0 Å². The summed E-state index contributed by atoms with van der Waals surface area (Å²) in [5, 5.41) is 12.9. The fourth-order valence-electron chi connectivity index (χ4n) is 1.37. The van der Waals surface area contributed by atoms with Gasteiger partial charge in [0, 0.05) is 18.8 Å². The van der Waals surface area contributed by atoms with Crippen molar-refractivity contribution in [2.24, 2.45) is 12.9 Å². The average molecular weight is 214 g/mol. The van der Waals surface area contributed by atoms with Crippen molar-refractivity contribution >= 4 is 5.82 Å². The van der Waals surface area contributed by atoms with Gasteiger partial charge < -0.3 is 5.43 Å². The Balaban J connectivity index is 2.48. The number of nitrogens with two attached hydrogens (primary N) is 1. The number of hydrogen-bond acceptors (Lipinski definition) is 5. The zero-order valence-electron chi connectivity index (χ0n) is 8.68. The van der Waals surface area contributed by atoms with Gasteiger partial charge in [0.2, 0.25) is 0 Å². The summed E-state index contributed by atoms with van der Waals surface area (Å²) in [5.74, 6) is 5.66. The lowest BCUT2D eigenvalue weighted by Gasteiger charge is -2.03. The van der Waals surface area contributed by atoms with Crippen LogP contribution in [0.1, 0.15) is 5.56 Å². The molecule has 0 fully saturated rings. The molecule has 0 spiro atoms. The first-order chi connectivity index (χ1) is 7.74. The van der Waals surface area contributed by atoms with Crippen molar-refractivity contribution in [2.45, 2.75) is 0 Å². The predicted octanol–water partition coefficient (Wildman–Crippen LogP) is 0.639. The quantitative estimate of drug-likeness (QED) is 0.565. The second kappa shape index (κ2) is 4.00. The maximum absolute atomic E-state index is 8.81. The summed E-state index contributed by atoms with van der Waals surface area (Å²) in [7, 11) is 1.83. The largest absolute Gasteiger partial charge is 0.307 e. The van der Waals surface area contributed by atoms with Crippen LogP contribution in [-0.4, -0.2) is 14.8 Å². The summed E-state index contributed by atoms with van der Waals surface area (Å²) in [6, 6.07) is 5.44. The lowest BCUT2D eigenvalue weighted by molar-refractivity contribution is 0.768. The number of nitrogen functional groups attached to an aromatic ring is 1. The van der Waals surface area contributed by atoms with Crippen LogP contribution in [0.5, 0.6) is 0 Å². The third kappa shape index (κ3) is 1.71. The maximum atomic E-state index is 8.81. The minimum atomic E-state index is 0.365. The van der Waals surface area contributed by atoms with Gasteiger partial charge in [0.25, 0.3) is 0 Å². The summed E-state index contributed by atoms with van der Waals surface area (Å²) in [5.41, 5.74) is 4.42. The van der Waals surface area contributed by atoms with E-state index in [9.17, 15) is 0 Å². The number of nitriles is 1. The first-order valence-electron chi connectivity index (χ1n) is 4.61. The lowest BCUT2D eigenvalue weighted by atomic mass is 10.2. The van der Waals surface area contributed by atoms with Crippen molar-refractivity contribution in [1.29, 1.82) is 5.26 Å². The van der Waals surface area contributed by atoms with Crippen molar-refractivity contribution in [3.05, 3.63) is 30.1 Å². The van der Waals surface area contributed by atoms with E-state index in [0.29, 0.717) is 11.4 Å². The number of aromatic nitrogens is 3. The normalized spacial score (nSPS) is 9.81. The van der Waals surface area contributed by atoms with E-state index >= 15 is 0 Å². The first kappa shape index (κ1) is 10.1. The third-order valence-electron chi connectivity index (χ3n) is 2.15. The average Bonchev–Trinajstić information content (AvgIpc) is 2.75. The molecule has 0 bridgehead atoms. The van der Waals surface area contributed by atoms with Crippen molar-refractivity contribution in [3.8, 4) is 17.3 Å². The van der Waals surface area contributed by atoms with Crippen molar-refractivity contribution in [2.75, 3.05) is 5.43 Å². The highest BCUT2D eigenvalue weighted by atomic mass is 15.3. The van der Waals surface area contributed by atoms with Crippen LogP contribution < -0.4 is 11.3 Å². The molecule has 0 saturated heterocycles. The molecule has 0 aliphatic carbocycles. The molecule has 0 saturated carbocycles. The van der Waals surface area contributed by atoms with Crippen LogP contribution >= 0.6 is 0 Å². The Morgan fingerprint density at radius 2 is 2.31 bits per heavy atom. The summed E-state index contributed by atoms with van der Waals surface area (Å²) in [4.78, 5) is 4.23. The number of nitrogens with zero attached hydrogens (tertiary/aromatic N) is 4. The molecule has 2 heterocycles. The maximum Gasteiger partial charge on any atom is 0.158 e. The van der Waals surface area contributed by atoms with Gasteiger partial charge in [-0.1, -0.05) is 0 Å². The van der Waals surface area contributed by atoms with Gasteiger partial charge in [0.15, 0.2) is 5.82 Å². The number of hydrogen-bond donors (Lipinski definition) is 2. The molecule has 0 aromatic carbocycles. The number of pyridine rings is 1. The predicted molar refractivity (Wildman–Crippen MR) is 59.0 cm³/mol. The second-order valence-corrected chi connectivity index (χ2v) is 3.25. The Morgan fingerprint density at radius 1 is 1.50 bits per heavy atom. The molecule has 2 aromatic heterocycles. The minimum absolute atomic E-state index is 0.365. The van der Waals surface area contributed by atoms with Crippen LogP contribution in [0.25, 0.3) is 11.3 Å². The topological polar surface area (TPSA) is 92.5 Å². The monoisotopic (exact) mass is 214 g/mol. The second-order valence-electron chi connectivity index (χ2n) is 3.25. The lowest BCUT2D eigenvalue weighted by Crippen LogP contribution is -2.10. The summed E-state index contributed by atoms with van der Waals surface area (Å²) in [6.45, 7) is 0. The summed E-state index contributed by atoms with van der Waals surface area (Å²) < 4.78 is 1.69. The van der Waals surface area contributed by atoms with Gasteiger partial charge in [-0.2, -0.15) is 10.4 Å². The molecule has 0 atom stereocenters. The number of anilines is 1. The standard InChI is InChI=1S/C10H10N6/c1-16-6-8(5-13-16)9-3-2-7(4-11)10(14-9)15-12/h2-3,5-6H,12H2,1H3,(H,14,15). The molecule has 0 aliphatic heterocycles.